The lowest BCUT2D eigenvalue weighted by atomic mass is 10.2. The Balaban J connectivity index is 3.64. The van der Waals surface area contributed by atoms with Crippen LogP contribution in [0.25, 0.3) is 0 Å². The second-order valence-electron chi connectivity index (χ2n) is 3.35. The summed E-state index contributed by atoms with van der Waals surface area (Å²) in [5, 5.41) is 2.55. The SMILES string of the molecule is CCC[C@H](N)C(=O)NCCNS(C)(=O)=O. The number of sulfonamides is 1. The van der Waals surface area contributed by atoms with Gasteiger partial charge in [-0.15, -0.1) is 0 Å². The van der Waals surface area contributed by atoms with Crippen molar-refractivity contribution >= 4 is 15.9 Å². The second-order valence-corrected chi connectivity index (χ2v) is 5.19. The fourth-order valence-corrected chi connectivity index (χ4v) is 1.47. The van der Waals surface area contributed by atoms with Gasteiger partial charge in [0, 0.05) is 13.1 Å². The van der Waals surface area contributed by atoms with Crippen LogP contribution < -0.4 is 15.8 Å². The molecule has 7 heteroatoms. The summed E-state index contributed by atoms with van der Waals surface area (Å²) in [4.78, 5) is 11.2. The largest absolute Gasteiger partial charge is 0.353 e. The van der Waals surface area contributed by atoms with Crippen molar-refractivity contribution in [1.82, 2.24) is 10.0 Å². The molecule has 0 aliphatic carbocycles. The summed E-state index contributed by atoms with van der Waals surface area (Å²) in [7, 11) is -3.19. The minimum absolute atomic E-state index is 0.184. The van der Waals surface area contributed by atoms with Gasteiger partial charge in [0.05, 0.1) is 12.3 Å². The first kappa shape index (κ1) is 14.3. The number of hydrogen-bond acceptors (Lipinski definition) is 4. The first-order valence-electron chi connectivity index (χ1n) is 4.84. The lowest BCUT2D eigenvalue weighted by Gasteiger charge is -2.10. The molecule has 0 rings (SSSR count). The van der Waals surface area contributed by atoms with Gasteiger partial charge >= 0.3 is 0 Å². The van der Waals surface area contributed by atoms with Gasteiger partial charge in [0.1, 0.15) is 0 Å². The molecule has 0 aliphatic rings. The predicted molar refractivity (Wildman–Crippen MR) is 58.7 cm³/mol. The molecule has 0 unspecified atom stereocenters. The van der Waals surface area contributed by atoms with E-state index in [9.17, 15) is 13.2 Å². The number of nitrogens with two attached hydrogens (primary N) is 1. The zero-order chi connectivity index (χ0) is 11.9. The zero-order valence-corrected chi connectivity index (χ0v) is 9.93. The van der Waals surface area contributed by atoms with E-state index in [2.05, 4.69) is 10.0 Å². The molecule has 0 aromatic rings. The Bertz CT molecular complexity index is 290. The molecule has 0 bridgehead atoms. The molecule has 0 aliphatic heterocycles. The third-order valence-electron chi connectivity index (χ3n) is 1.72. The summed E-state index contributed by atoms with van der Waals surface area (Å²) in [6.45, 7) is 2.38. The van der Waals surface area contributed by atoms with Crippen molar-refractivity contribution in [1.29, 1.82) is 0 Å². The molecule has 0 saturated carbocycles. The number of rotatable bonds is 7. The van der Waals surface area contributed by atoms with E-state index in [-0.39, 0.29) is 19.0 Å². The smallest absolute Gasteiger partial charge is 0.236 e. The van der Waals surface area contributed by atoms with Gasteiger partial charge < -0.3 is 11.1 Å². The van der Waals surface area contributed by atoms with Gasteiger partial charge in [-0.05, 0) is 6.42 Å². The minimum Gasteiger partial charge on any atom is -0.353 e. The van der Waals surface area contributed by atoms with Crippen LogP contribution in [-0.2, 0) is 14.8 Å². The highest BCUT2D eigenvalue weighted by molar-refractivity contribution is 7.88. The van der Waals surface area contributed by atoms with Crippen LogP contribution >= 0.6 is 0 Å². The van der Waals surface area contributed by atoms with Crippen molar-refractivity contribution in [2.75, 3.05) is 19.3 Å². The van der Waals surface area contributed by atoms with Crippen molar-refractivity contribution in [2.24, 2.45) is 5.73 Å². The minimum atomic E-state index is -3.19. The third-order valence-corrected chi connectivity index (χ3v) is 2.45. The molecule has 0 heterocycles. The van der Waals surface area contributed by atoms with Crippen LogP contribution in [0.2, 0.25) is 0 Å². The monoisotopic (exact) mass is 237 g/mol. The highest BCUT2D eigenvalue weighted by Crippen LogP contribution is 1.92. The summed E-state index contributed by atoms with van der Waals surface area (Å²) in [6.07, 6.45) is 2.54. The van der Waals surface area contributed by atoms with Crippen molar-refractivity contribution in [3.05, 3.63) is 0 Å². The van der Waals surface area contributed by atoms with Crippen LogP contribution in [0.4, 0.5) is 0 Å². The molecule has 0 radical (unpaired) electrons. The molecule has 6 nitrogen and oxygen atoms in total. The van der Waals surface area contributed by atoms with Crippen LogP contribution in [0.1, 0.15) is 19.8 Å². The van der Waals surface area contributed by atoms with Gasteiger partial charge in [-0.25, -0.2) is 13.1 Å². The van der Waals surface area contributed by atoms with E-state index in [0.29, 0.717) is 6.42 Å². The van der Waals surface area contributed by atoms with Gasteiger partial charge in [-0.1, -0.05) is 13.3 Å². The van der Waals surface area contributed by atoms with Crippen molar-refractivity contribution < 1.29 is 13.2 Å². The predicted octanol–water partition coefficient (Wildman–Crippen LogP) is -1.22. The highest BCUT2D eigenvalue weighted by atomic mass is 32.2. The van der Waals surface area contributed by atoms with Gasteiger partial charge in [0.25, 0.3) is 0 Å². The zero-order valence-electron chi connectivity index (χ0n) is 9.12. The highest BCUT2D eigenvalue weighted by Gasteiger charge is 2.11. The van der Waals surface area contributed by atoms with E-state index in [1.54, 1.807) is 0 Å². The maximum absolute atomic E-state index is 11.2. The second kappa shape index (κ2) is 6.76. The molecule has 0 spiro atoms. The molecule has 15 heavy (non-hydrogen) atoms. The summed E-state index contributed by atoms with van der Waals surface area (Å²) < 4.78 is 23.6. The Labute approximate surface area is 90.7 Å². The van der Waals surface area contributed by atoms with Crippen molar-refractivity contribution in [3.8, 4) is 0 Å². The van der Waals surface area contributed by atoms with Gasteiger partial charge in [0.2, 0.25) is 15.9 Å². The van der Waals surface area contributed by atoms with Crippen molar-refractivity contribution in [2.45, 2.75) is 25.8 Å². The number of carbonyl (C=O) groups is 1. The summed E-state index contributed by atoms with van der Waals surface area (Å²) in [5.74, 6) is -0.243. The summed E-state index contributed by atoms with van der Waals surface area (Å²) in [6, 6.07) is -0.506. The Hall–Kier alpha value is -0.660. The number of hydrogen-bond donors (Lipinski definition) is 3. The van der Waals surface area contributed by atoms with Gasteiger partial charge in [-0.2, -0.15) is 0 Å². The van der Waals surface area contributed by atoms with E-state index in [1.807, 2.05) is 6.92 Å². The Kier molecular flexibility index (Phi) is 6.46. The Morgan fingerprint density at radius 3 is 2.47 bits per heavy atom. The average Bonchev–Trinajstić information content (AvgIpc) is 2.11. The van der Waals surface area contributed by atoms with E-state index in [4.69, 9.17) is 5.73 Å². The topological polar surface area (TPSA) is 101 Å². The van der Waals surface area contributed by atoms with Crippen LogP contribution in [0, 0.1) is 0 Å². The van der Waals surface area contributed by atoms with E-state index >= 15 is 0 Å². The summed E-state index contributed by atoms with van der Waals surface area (Å²) in [5.41, 5.74) is 5.55. The molecule has 0 fully saturated rings. The molecule has 0 saturated heterocycles. The number of carbonyl (C=O) groups excluding carboxylic acids is 1. The standard InChI is InChI=1S/C8H19N3O3S/c1-3-4-7(9)8(12)10-5-6-11-15(2,13)14/h7,11H,3-6,9H2,1-2H3,(H,10,12)/t7-/m0/s1. The van der Waals surface area contributed by atoms with Crippen molar-refractivity contribution in [3.63, 3.8) is 0 Å². The maximum Gasteiger partial charge on any atom is 0.236 e. The first-order valence-corrected chi connectivity index (χ1v) is 6.74. The molecule has 90 valence electrons. The molecule has 0 aromatic heterocycles. The van der Waals surface area contributed by atoms with Gasteiger partial charge in [0.15, 0.2) is 0 Å². The summed E-state index contributed by atoms with van der Waals surface area (Å²) >= 11 is 0. The van der Waals surface area contributed by atoms with Crippen LogP contribution in [0.5, 0.6) is 0 Å². The Morgan fingerprint density at radius 1 is 1.40 bits per heavy atom. The molecular formula is C8H19N3O3S. The Morgan fingerprint density at radius 2 is 2.00 bits per heavy atom. The normalized spacial score (nSPS) is 13.5. The van der Waals surface area contributed by atoms with E-state index in [1.165, 1.54) is 0 Å². The molecule has 4 N–H and O–H groups in total. The maximum atomic E-state index is 11.2. The molecule has 1 atom stereocenters. The molecule has 1 amide bonds. The third kappa shape index (κ3) is 8.34. The van der Waals surface area contributed by atoms with Crippen LogP contribution in [-0.4, -0.2) is 39.7 Å². The van der Waals surface area contributed by atoms with E-state index < -0.39 is 16.1 Å². The fraction of sp³-hybridized carbons (Fsp3) is 0.875. The van der Waals surface area contributed by atoms with Crippen LogP contribution in [0.15, 0.2) is 0 Å². The quantitative estimate of drug-likeness (QED) is 0.483. The van der Waals surface area contributed by atoms with Gasteiger partial charge in [-0.3, -0.25) is 4.79 Å². The van der Waals surface area contributed by atoms with E-state index in [0.717, 1.165) is 12.7 Å². The number of nitrogens with one attached hydrogen (secondary N) is 2. The fourth-order valence-electron chi connectivity index (χ4n) is 0.995. The van der Waals surface area contributed by atoms with Crippen LogP contribution in [0.3, 0.4) is 0 Å². The lowest BCUT2D eigenvalue weighted by Crippen LogP contribution is -2.43. The molecule has 0 aromatic carbocycles. The first-order chi connectivity index (χ1) is 6.87. The number of amides is 1. The lowest BCUT2D eigenvalue weighted by molar-refractivity contribution is -0.122. The molecular weight excluding hydrogens is 218 g/mol. The average molecular weight is 237 g/mol.